The molecule has 1 aliphatic heterocycles. The van der Waals surface area contributed by atoms with Gasteiger partial charge in [-0.05, 0) is 18.9 Å². The van der Waals surface area contributed by atoms with Gasteiger partial charge in [0, 0.05) is 19.1 Å². The Labute approximate surface area is 108 Å². The van der Waals surface area contributed by atoms with Crippen LogP contribution in [0.3, 0.4) is 0 Å². The van der Waals surface area contributed by atoms with Gasteiger partial charge in [-0.2, -0.15) is 0 Å². The molecule has 0 unspecified atom stereocenters. The van der Waals surface area contributed by atoms with Crippen LogP contribution < -0.4 is 10.6 Å². The zero-order chi connectivity index (χ0) is 13.3. The molecule has 1 saturated heterocycles. The zero-order valence-corrected chi connectivity index (χ0v) is 10.4. The highest BCUT2D eigenvalue weighted by Gasteiger charge is 2.25. The van der Waals surface area contributed by atoms with Gasteiger partial charge in [0.2, 0.25) is 0 Å². The van der Waals surface area contributed by atoms with Crippen molar-refractivity contribution in [3.05, 3.63) is 33.1 Å². The van der Waals surface area contributed by atoms with Gasteiger partial charge in [-0.25, -0.2) is 4.39 Å². The molecular formula is C11H13ClFN3O2. The lowest BCUT2D eigenvalue weighted by atomic mass is 10.1. The third kappa shape index (κ3) is 2.54. The van der Waals surface area contributed by atoms with E-state index in [1.165, 1.54) is 6.07 Å². The van der Waals surface area contributed by atoms with Crippen molar-refractivity contribution in [1.29, 1.82) is 0 Å². The van der Waals surface area contributed by atoms with Crippen molar-refractivity contribution in [2.75, 3.05) is 18.0 Å². The minimum absolute atomic E-state index is 0.0258. The van der Waals surface area contributed by atoms with Crippen LogP contribution in [0.1, 0.15) is 12.8 Å². The summed E-state index contributed by atoms with van der Waals surface area (Å²) in [6.45, 7) is 1.18. The van der Waals surface area contributed by atoms with Crippen molar-refractivity contribution in [3.8, 4) is 0 Å². The maximum Gasteiger partial charge on any atom is 0.295 e. The topological polar surface area (TPSA) is 72.4 Å². The molecule has 0 radical (unpaired) electrons. The first-order chi connectivity index (χ1) is 8.49. The summed E-state index contributed by atoms with van der Waals surface area (Å²) >= 11 is 5.69. The van der Waals surface area contributed by atoms with E-state index in [0.717, 1.165) is 18.9 Å². The molecule has 2 rings (SSSR count). The molecule has 1 heterocycles. The molecule has 7 heteroatoms. The van der Waals surface area contributed by atoms with E-state index in [1.807, 2.05) is 0 Å². The predicted molar refractivity (Wildman–Crippen MR) is 67.5 cm³/mol. The summed E-state index contributed by atoms with van der Waals surface area (Å²) in [5.41, 5.74) is 5.90. The summed E-state index contributed by atoms with van der Waals surface area (Å²) in [5, 5.41) is 10.8. The standard InChI is InChI=1S/C11H13ClFN3O2/c12-8-4-10(11(16(17)18)5-9(8)13)15-3-1-2-7(14)6-15/h4-5,7H,1-3,6,14H2/t7-/m1/s1. The molecule has 18 heavy (non-hydrogen) atoms. The quantitative estimate of drug-likeness (QED) is 0.663. The second-order valence-electron chi connectivity index (χ2n) is 4.36. The van der Waals surface area contributed by atoms with Crippen LogP contribution in [0, 0.1) is 15.9 Å². The van der Waals surface area contributed by atoms with E-state index in [4.69, 9.17) is 17.3 Å². The Morgan fingerprint density at radius 2 is 2.28 bits per heavy atom. The van der Waals surface area contributed by atoms with Crippen LogP contribution in [0.5, 0.6) is 0 Å². The van der Waals surface area contributed by atoms with E-state index in [1.54, 1.807) is 4.90 Å². The van der Waals surface area contributed by atoms with E-state index < -0.39 is 10.7 Å². The number of rotatable bonds is 2. The van der Waals surface area contributed by atoms with Gasteiger partial charge in [-0.3, -0.25) is 10.1 Å². The van der Waals surface area contributed by atoms with Crippen LogP contribution in [-0.2, 0) is 0 Å². The van der Waals surface area contributed by atoms with Gasteiger partial charge >= 0.3 is 0 Å². The molecule has 0 aliphatic carbocycles. The van der Waals surface area contributed by atoms with E-state index in [-0.39, 0.29) is 16.8 Å². The number of nitro benzene ring substituents is 1. The van der Waals surface area contributed by atoms with Gasteiger partial charge in [0.1, 0.15) is 11.5 Å². The van der Waals surface area contributed by atoms with Crippen molar-refractivity contribution in [3.63, 3.8) is 0 Å². The highest BCUT2D eigenvalue weighted by molar-refractivity contribution is 6.31. The number of nitrogens with zero attached hydrogens (tertiary/aromatic N) is 2. The number of anilines is 1. The van der Waals surface area contributed by atoms with Crippen molar-refractivity contribution in [2.45, 2.75) is 18.9 Å². The lowest BCUT2D eigenvalue weighted by Gasteiger charge is -2.32. The van der Waals surface area contributed by atoms with Gasteiger partial charge in [-0.15, -0.1) is 0 Å². The molecule has 0 bridgehead atoms. The summed E-state index contributed by atoms with van der Waals surface area (Å²) in [7, 11) is 0. The lowest BCUT2D eigenvalue weighted by molar-refractivity contribution is -0.384. The van der Waals surface area contributed by atoms with Crippen molar-refractivity contribution in [1.82, 2.24) is 0 Å². The average molecular weight is 274 g/mol. The van der Waals surface area contributed by atoms with Crippen LogP contribution in [0.15, 0.2) is 12.1 Å². The van der Waals surface area contributed by atoms with Crippen molar-refractivity contribution in [2.24, 2.45) is 5.73 Å². The molecule has 0 aromatic heterocycles. The van der Waals surface area contributed by atoms with Gasteiger partial charge in [-0.1, -0.05) is 11.6 Å². The van der Waals surface area contributed by atoms with Gasteiger partial charge in [0.05, 0.1) is 16.0 Å². The largest absolute Gasteiger partial charge is 0.364 e. The first-order valence-corrected chi connectivity index (χ1v) is 6.01. The molecule has 1 aliphatic rings. The Kier molecular flexibility index (Phi) is 3.68. The molecule has 0 saturated carbocycles. The third-order valence-corrected chi connectivity index (χ3v) is 3.30. The molecule has 0 amide bonds. The average Bonchev–Trinajstić information content (AvgIpc) is 2.31. The Bertz CT molecular complexity index is 484. The Morgan fingerprint density at radius 1 is 1.56 bits per heavy atom. The normalized spacial score (nSPS) is 19.9. The number of hydrogen-bond acceptors (Lipinski definition) is 4. The molecule has 5 nitrogen and oxygen atoms in total. The van der Waals surface area contributed by atoms with Crippen LogP contribution in [0.25, 0.3) is 0 Å². The Hall–Kier alpha value is -1.40. The zero-order valence-electron chi connectivity index (χ0n) is 9.60. The molecule has 98 valence electrons. The molecule has 1 aromatic carbocycles. The minimum Gasteiger partial charge on any atom is -0.364 e. The van der Waals surface area contributed by atoms with Crippen LogP contribution >= 0.6 is 11.6 Å². The summed E-state index contributed by atoms with van der Waals surface area (Å²) < 4.78 is 13.3. The highest BCUT2D eigenvalue weighted by Crippen LogP contribution is 2.34. The second-order valence-corrected chi connectivity index (χ2v) is 4.77. The van der Waals surface area contributed by atoms with E-state index in [0.29, 0.717) is 18.8 Å². The fourth-order valence-electron chi connectivity index (χ4n) is 2.15. The smallest absolute Gasteiger partial charge is 0.295 e. The molecular weight excluding hydrogens is 261 g/mol. The lowest BCUT2D eigenvalue weighted by Crippen LogP contribution is -2.43. The first kappa shape index (κ1) is 13.0. The number of halogens is 2. The van der Waals surface area contributed by atoms with Gasteiger partial charge < -0.3 is 10.6 Å². The maximum absolute atomic E-state index is 13.3. The van der Waals surface area contributed by atoms with E-state index in [9.17, 15) is 14.5 Å². The van der Waals surface area contributed by atoms with Crippen LogP contribution in [0.2, 0.25) is 5.02 Å². The fourth-order valence-corrected chi connectivity index (χ4v) is 2.31. The van der Waals surface area contributed by atoms with E-state index >= 15 is 0 Å². The molecule has 1 fully saturated rings. The monoisotopic (exact) mass is 273 g/mol. The van der Waals surface area contributed by atoms with Gasteiger partial charge in [0.15, 0.2) is 0 Å². The van der Waals surface area contributed by atoms with E-state index in [2.05, 4.69) is 0 Å². The highest BCUT2D eigenvalue weighted by atomic mass is 35.5. The second kappa shape index (κ2) is 5.07. The van der Waals surface area contributed by atoms with Gasteiger partial charge in [0.25, 0.3) is 5.69 Å². The van der Waals surface area contributed by atoms with Crippen LogP contribution in [-0.4, -0.2) is 24.1 Å². The van der Waals surface area contributed by atoms with Crippen molar-refractivity contribution < 1.29 is 9.31 Å². The summed E-state index contributed by atoms with van der Waals surface area (Å²) in [5.74, 6) is -0.784. The summed E-state index contributed by atoms with van der Waals surface area (Å²) in [4.78, 5) is 12.1. The maximum atomic E-state index is 13.3. The fraction of sp³-hybridized carbons (Fsp3) is 0.455. The Balaban J connectivity index is 2.41. The molecule has 1 atom stereocenters. The number of nitro groups is 1. The SMILES string of the molecule is N[C@@H]1CCCN(c2cc(Cl)c(F)cc2[N+](=O)[O-])C1. The van der Waals surface area contributed by atoms with Crippen molar-refractivity contribution >= 4 is 23.0 Å². The minimum atomic E-state index is -0.784. The Morgan fingerprint density at radius 3 is 2.89 bits per heavy atom. The number of piperidine rings is 1. The predicted octanol–water partition coefficient (Wildman–Crippen LogP) is 2.31. The molecule has 2 N–H and O–H groups in total. The first-order valence-electron chi connectivity index (χ1n) is 5.63. The number of hydrogen-bond donors (Lipinski definition) is 1. The molecule has 0 spiro atoms. The molecule has 1 aromatic rings. The van der Waals surface area contributed by atoms with Crippen LogP contribution in [0.4, 0.5) is 15.8 Å². The summed E-state index contributed by atoms with van der Waals surface area (Å²) in [6, 6.07) is 2.13. The number of nitrogens with two attached hydrogens (primary N) is 1. The number of benzene rings is 1. The third-order valence-electron chi connectivity index (χ3n) is 3.01. The summed E-state index contributed by atoms with van der Waals surface area (Å²) in [6.07, 6.45) is 1.74.